The standard InChI is InChI=1S/C18H16N4O3/c23-17-16-10-15(11-22(16)21-13-20-17)8-4-5-9-19-18(24)25-12-14-6-2-1-3-7-14/h1-3,6-7,10-11,13H,5,9,12H2,(H,19,24)(H,20,21,23). The molecule has 0 radical (unpaired) electrons. The summed E-state index contributed by atoms with van der Waals surface area (Å²) in [6, 6.07) is 11.1. The Labute approximate surface area is 143 Å². The van der Waals surface area contributed by atoms with Crippen molar-refractivity contribution in [1.29, 1.82) is 0 Å². The zero-order valence-corrected chi connectivity index (χ0v) is 13.4. The van der Waals surface area contributed by atoms with Gasteiger partial charge in [0.15, 0.2) is 0 Å². The van der Waals surface area contributed by atoms with Gasteiger partial charge in [0.05, 0.1) is 0 Å². The lowest BCUT2D eigenvalue weighted by Crippen LogP contribution is -2.24. The number of nitrogens with zero attached hydrogens (tertiary/aromatic N) is 2. The van der Waals surface area contributed by atoms with Crippen molar-refractivity contribution in [2.75, 3.05) is 6.54 Å². The van der Waals surface area contributed by atoms with E-state index >= 15 is 0 Å². The Balaban J connectivity index is 1.43. The second-order valence-electron chi connectivity index (χ2n) is 5.22. The van der Waals surface area contributed by atoms with E-state index in [-0.39, 0.29) is 12.2 Å². The maximum absolute atomic E-state index is 11.6. The highest BCUT2D eigenvalue weighted by Crippen LogP contribution is 2.02. The van der Waals surface area contributed by atoms with E-state index in [1.165, 1.54) is 10.8 Å². The third-order valence-corrected chi connectivity index (χ3v) is 3.38. The van der Waals surface area contributed by atoms with Crippen LogP contribution in [0.1, 0.15) is 17.5 Å². The zero-order valence-electron chi connectivity index (χ0n) is 13.4. The number of H-pyrrole nitrogens is 1. The Morgan fingerprint density at radius 3 is 2.96 bits per heavy atom. The van der Waals surface area contributed by atoms with Crippen LogP contribution in [0.3, 0.4) is 0 Å². The molecule has 7 heteroatoms. The molecule has 3 aromatic rings. The van der Waals surface area contributed by atoms with E-state index in [2.05, 4.69) is 27.2 Å². The van der Waals surface area contributed by atoms with E-state index in [0.717, 1.165) is 5.56 Å². The highest BCUT2D eigenvalue weighted by molar-refractivity contribution is 5.67. The van der Waals surface area contributed by atoms with Gasteiger partial charge in [-0.05, 0) is 11.6 Å². The van der Waals surface area contributed by atoms with Crippen LogP contribution >= 0.6 is 0 Å². The molecule has 25 heavy (non-hydrogen) atoms. The van der Waals surface area contributed by atoms with Crippen molar-refractivity contribution in [1.82, 2.24) is 19.9 Å². The van der Waals surface area contributed by atoms with Gasteiger partial charge >= 0.3 is 6.09 Å². The number of aromatic nitrogens is 3. The van der Waals surface area contributed by atoms with Gasteiger partial charge in [-0.15, -0.1) is 0 Å². The van der Waals surface area contributed by atoms with Gasteiger partial charge in [-0.3, -0.25) is 4.79 Å². The van der Waals surface area contributed by atoms with Crippen molar-refractivity contribution in [3.63, 3.8) is 0 Å². The van der Waals surface area contributed by atoms with E-state index in [0.29, 0.717) is 24.0 Å². The fraction of sp³-hybridized carbons (Fsp3) is 0.167. The number of benzene rings is 1. The van der Waals surface area contributed by atoms with Gasteiger partial charge in [0, 0.05) is 24.7 Å². The normalized spacial score (nSPS) is 10.1. The molecule has 0 aliphatic heterocycles. The lowest BCUT2D eigenvalue weighted by Gasteiger charge is -2.05. The van der Waals surface area contributed by atoms with Crippen molar-refractivity contribution in [2.45, 2.75) is 13.0 Å². The van der Waals surface area contributed by atoms with Crippen LogP contribution in [0.25, 0.3) is 5.52 Å². The minimum atomic E-state index is -0.476. The maximum atomic E-state index is 11.6. The van der Waals surface area contributed by atoms with Crippen molar-refractivity contribution in [2.24, 2.45) is 0 Å². The summed E-state index contributed by atoms with van der Waals surface area (Å²) in [4.78, 5) is 25.7. The highest BCUT2D eigenvalue weighted by atomic mass is 16.5. The lowest BCUT2D eigenvalue weighted by molar-refractivity contribution is 0.140. The summed E-state index contributed by atoms with van der Waals surface area (Å²) < 4.78 is 6.57. The number of carbonyl (C=O) groups is 1. The number of amides is 1. The fourth-order valence-corrected chi connectivity index (χ4v) is 2.17. The summed E-state index contributed by atoms with van der Waals surface area (Å²) in [5.74, 6) is 5.87. The molecule has 0 unspecified atom stereocenters. The molecular weight excluding hydrogens is 320 g/mol. The van der Waals surface area contributed by atoms with Crippen molar-refractivity contribution < 1.29 is 9.53 Å². The third-order valence-electron chi connectivity index (χ3n) is 3.38. The van der Waals surface area contributed by atoms with E-state index < -0.39 is 6.09 Å². The molecule has 1 amide bonds. The Hall–Kier alpha value is -3.53. The number of aromatic amines is 1. The Morgan fingerprint density at radius 2 is 2.16 bits per heavy atom. The van der Waals surface area contributed by atoms with Crippen molar-refractivity contribution in [3.05, 3.63) is 70.4 Å². The minimum absolute atomic E-state index is 0.217. The van der Waals surface area contributed by atoms with Gasteiger partial charge in [-0.1, -0.05) is 42.2 Å². The number of hydrogen-bond donors (Lipinski definition) is 2. The van der Waals surface area contributed by atoms with E-state index in [9.17, 15) is 9.59 Å². The van der Waals surface area contributed by atoms with E-state index in [1.807, 2.05) is 30.3 Å². The van der Waals surface area contributed by atoms with Crippen LogP contribution in [0.4, 0.5) is 4.79 Å². The maximum Gasteiger partial charge on any atom is 0.407 e. The number of carbonyl (C=O) groups excluding carboxylic acids is 1. The Morgan fingerprint density at radius 1 is 1.32 bits per heavy atom. The molecule has 0 saturated heterocycles. The average Bonchev–Trinajstić information content (AvgIpc) is 3.05. The second kappa shape index (κ2) is 7.84. The van der Waals surface area contributed by atoms with Crippen LogP contribution in [0.15, 0.2) is 53.7 Å². The first-order valence-electron chi connectivity index (χ1n) is 7.72. The molecule has 126 valence electrons. The topological polar surface area (TPSA) is 88.5 Å². The summed E-state index contributed by atoms with van der Waals surface area (Å²) in [5, 5.41) is 6.63. The highest BCUT2D eigenvalue weighted by Gasteiger charge is 2.02. The third kappa shape index (κ3) is 4.48. The predicted octanol–water partition coefficient (Wildman–Crippen LogP) is 1.69. The second-order valence-corrected chi connectivity index (χ2v) is 5.22. The van der Waals surface area contributed by atoms with Gasteiger partial charge < -0.3 is 15.0 Å². The first-order valence-corrected chi connectivity index (χ1v) is 7.72. The van der Waals surface area contributed by atoms with Crippen LogP contribution < -0.4 is 10.9 Å². The number of rotatable bonds is 4. The molecule has 7 nitrogen and oxygen atoms in total. The van der Waals surface area contributed by atoms with Gasteiger partial charge in [-0.2, -0.15) is 5.10 Å². The lowest BCUT2D eigenvalue weighted by atomic mass is 10.2. The Bertz CT molecular complexity index is 980. The number of hydrogen-bond acceptors (Lipinski definition) is 4. The van der Waals surface area contributed by atoms with Crippen molar-refractivity contribution >= 4 is 11.6 Å². The monoisotopic (exact) mass is 336 g/mol. The molecule has 0 bridgehead atoms. The molecule has 0 fully saturated rings. The van der Waals surface area contributed by atoms with Gasteiger partial charge in [0.25, 0.3) is 5.56 Å². The SMILES string of the molecule is O=C(NCCC#Cc1cc2c(=O)[nH]cnn2c1)OCc1ccccc1. The number of alkyl carbamates (subject to hydrolysis) is 1. The van der Waals surface area contributed by atoms with Crippen molar-refractivity contribution in [3.8, 4) is 11.8 Å². The van der Waals surface area contributed by atoms with Crippen LogP contribution in [0.2, 0.25) is 0 Å². The summed E-state index contributed by atoms with van der Waals surface area (Å²) in [5.41, 5.74) is 1.85. The molecule has 0 saturated carbocycles. The van der Waals surface area contributed by atoms with Crippen LogP contribution in [-0.4, -0.2) is 27.2 Å². The van der Waals surface area contributed by atoms with Gasteiger partial charge in [0.2, 0.25) is 0 Å². The number of nitrogens with one attached hydrogen (secondary N) is 2. The molecule has 2 heterocycles. The average molecular weight is 336 g/mol. The first-order chi connectivity index (χ1) is 12.2. The molecule has 2 aromatic heterocycles. The quantitative estimate of drug-likeness (QED) is 0.560. The first kappa shape index (κ1) is 16.3. The molecule has 2 N–H and O–H groups in total. The summed E-state index contributed by atoms with van der Waals surface area (Å²) >= 11 is 0. The molecule has 1 aromatic carbocycles. The van der Waals surface area contributed by atoms with Crippen LogP contribution in [-0.2, 0) is 11.3 Å². The van der Waals surface area contributed by atoms with Gasteiger partial charge in [-0.25, -0.2) is 9.31 Å². The van der Waals surface area contributed by atoms with Crippen LogP contribution in [0.5, 0.6) is 0 Å². The molecule has 0 aliphatic carbocycles. The molecule has 0 spiro atoms. The predicted molar refractivity (Wildman–Crippen MR) is 91.9 cm³/mol. The summed E-state index contributed by atoms with van der Waals surface area (Å²) in [6.07, 6.45) is 3.00. The Kier molecular flexibility index (Phi) is 5.12. The molecule has 0 aliphatic rings. The van der Waals surface area contributed by atoms with Gasteiger partial charge in [0.1, 0.15) is 18.5 Å². The summed E-state index contributed by atoms with van der Waals surface area (Å²) in [7, 11) is 0. The molecular formula is C18H16N4O3. The smallest absolute Gasteiger partial charge is 0.407 e. The van der Waals surface area contributed by atoms with Crippen LogP contribution in [0, 0.1) is 11.8 Å². The molecule has 0 atom stereocenters. The van der Waals surface area contributed by atoms with E-state index in [4.69, 9.17) is 4.74 Å². The van der Waals surface area contributed by atoms with E-state index in [1.54, 1.807) is 12.3 Å². The molecule has 3 rings (SSSR count). The zero-order chi connectivity index (χ0) is 17.5. The number of fused-ring (bicyclic) bond motifs is 1. The largest absolute Gasteiger partial charge is 0.445 e. The number of ether oxygens (including phenoxy) is 1. The minimum Gasteiger partial charge on any atom is -0.445 e. The summed E-state index contributed by atoms with van der Waals surface area (Å²) in [6.45, 7) is 0.615. The fourth-order valence-electron chi connectivity index (χ4n) is 2.17.